The summed E-state index contributed by atoms with van der Waals surface area (Å²) in [5, 5.41) is 3.49. The van der Waals surface area contributed by atoms with Crippen LogP contribution in [-0.4, -0.2) is 49.8 Å². The monoisotopic (exact) mass is 238 g/mol. The maximum absolute atomic E-state index is 5.50. The highest BCUT2D eigenvalue weighted by atomic mass is 16.5. The Morgan fingerprint density at radius 3 is 2.47 bits per heavy atom. The Morgan fingerprint density at radius 2 is 1.71 bits per heavy atom. The van der Waals surface area contributed by atoms with Crippen molar-refractivity contribution in [3.05, 3.63) is 0 Å². The van der Waals surface area contributed by atoms with Crippen LogP contribution in [0.3, 0.4) is 0 Å². The van der Waals surface area contributed by atoms with Crippen LogP contribution in [0, 0.1) is 5.92 Å². The van der Waals surface area contributed by atoms with Crippen LogP contribution in [0.4, 0.5) is 0 Å². The van der Waals surface area contributed by atoms with Crippen LogP contribution in [-0.2, 0) is 4.74 Å². The maximum Gasteiger partial charge on any atom is 0.0480 e. The number of hydrogen-bond donors (Lipinski definition) is 1. The number of hydrogen-bond acceptors (Lipinski definition) is 3. The quantitative estimate of drug-likeness (QED) is 0.791. The predicted octanol–water partition coefficient (Wildman–Crippen LogP) is 1.63. The molecule has 0 aromatic rings. The van der Waals surface area contributed by atoms with Crippen molar-refractivity contribution >= 4 is 0 Å². The normalized spacial score (nSPS) is 34.2. The summed E-state index contributed by atoms with van der Waals surface area (Å²) in [5.74, 6) is 0.960. The molecule has 0 aliphatic carbocycles. The van der Waals surface area contributed by atoms with Crippen LogP contribution in [0.2, 0.25) is 0 Å². The van der Waals surface area contributed by atoms with Crippen molar-refractivity contribution in [2.75, 3.05) is 32.8 Å². The smallest absolute Gasteiger partial charge is 0.0480 e. The summed E-state index contributed by atoms with van der Waals surface area (Å²) in [4.78, 5) is 2.85. The molecule has 17 heavy (non-hydrogen) atoms. The van der Waals surface area contributed by atoms with E-state index < -0.39 is 0 Å². The fourth-order valence-electron chi connectivity index (χ4n) is 4.02. The van der Waals surface area contributed by atoms with Crippen LogP contribution in [0.1, 0.15) is 38.5 Å². The molecule has 3 fully saturated rings. The second kappa shape index (κ2) is 5.68. The summed E-state index contributed by atoms with van der Waals surface area (Å²) in [5.41, 5.74) is 0. The molecule has 3 aliphatic heterocycles. The second-order valence-electron chi connectivity index (χ2n) is 5.88. The Bertz CT molecular complexity index is 210. The Labute approximate surface area is 105 Å². The van der Waals surface area contributed by atoms with Gasteiger partial charge in [-0.2, -0.15) is 0 Å². The summed E-state index contributed by atoms with van der Waals surface area (Å²) < 4.78 is 5.50. The van der Waals surface area contributed by atoms with E-state index in [1.54, 1.807) is 0 Å². The van der Waals surface area contributed by atoms with E-state index in [1.807, 2.05) is 0 Å². The van der Waals surface area contributed by atoms with Gasteiger partial charge in [0.05, 0.1) is 0 Å². The Balaban J connectivity index is 1.61. The molecular weight excluding hydrogens is 212 g/mol. The number of ether oxygens (including phenoxy) is 1. The number of rotatable bonds is 2. The summed E-state index contributed by atoms with van der Waals surface area (Å²) in [7, 11) is 0. The molecule has 1 N–H and O–H groups in total. The lowest BCUT2D eigenvalue weighted by molar-refractivity contribution is 0.0167. The van der Waals surface area contributed by atoms with E-state index in [9.17, 15) is 0 Å². The molecule has 0 spiro atoms. The summed E-state index contributed by atoms with van der Waals surface area (Å²) >= 11 is 0. The molecule has 3 saturated heterocycles. The molecule has 1 unspecified atom stereocenters. The third kappa shape index (κ3) is 2.67. The van der Waals surface area contributed by atoms with E-state index in [2.05, 4.69) is 10.2 Å². The molecule has 0 aromatic heterocycles. The van der Waals surface area contributed by atoms with Crippen LogP contribution < -0.4 is 5.32 Å². The first-order chi connectivity index (χ1) is 8.45. The van der Waals surface area contributed by atoms with Crippen LogP contribution in [0.15, 0.2) is 0 Å². The van der Waals surface area contributed by atoms with Crippen molar-refractivity contribution in [1.82, 2.24) is 10.2 Å². The first-order valence-electron chi connectivity index (χ1n) is 7.49. The topological polar surface area (TPSA) is 24.5 Å². The van der Waals surface area contributed by atoms with Gasteiger partial charge in [-0.3, -0.25) is 4.90 Å². The Hall–Kier alpha value is -0.120. The number of nitrogens with zero attached hydrogens (tertiary/aromatic N) is 1. The highest BCUT2D eigenvalue weighted by Gasteiger charge is 2.36. The molecule has 3 nitrogen and oxygen atoms in total. The zero-order chi connectivity index (χ0) is 11.5. The van der Waals surface area contributed by atoms with E-state index in [0.717, 1.165) is 31.2 Å². The van der Waals surface area contributed by atoms with Gasteiger partial charge < -0.3 is 10.1 Å². The van der Waals surface area contributed by atoms with Crippen molar-refractivity contribution < 1.29 is 4.74 Å². The highest BCUT2D eigenvalue weighted by molar-refractivity contribution is 4.91. The molecule has 3 heterocycles. The van der Waals surface area contributed by atoms with Gasteiger partial charge in [-0.25, -0.2) is 0 Å². The zero-order valence-corrected chi connectivity index (χ0v) is 10.9. The number of piperidine rings is 1. The number of likely N-dealkylation sites (tertiary alicyclic amines) is 1. The minimum Gasteiger partial charge on any atom is -0.381 e. The Kier molecular flexibility index (Phi) is 3.99. The molecule has 0 bridgehead atoms. The molecule has 98 valence electrons. The lowest BCUT2D eigenvalue weighted by atomic mass is 9.87. The molecule has 0 radical (unpaired) electrons. The highest BCUT2D eigenvalue weighted by Crippen LogP contribution is 2.33. The molecule has 1 atom stereocenters. The third-order valence-electron chi connectivity index (χ3n) is 4.93. The zero-order valence-electron chi connectivity index (χ0n) is 10.9. The number of nitrogens with one attached hydrogen (secondary N) is 1. The molecule has 0 amide bonds. The average molecular weight is 238 g/mol. The second-order valence-corrected chi connectivity index (χ2v) is 5.88. The Morgan fingerprint density at radius 1 is 0.941 bits per heavy atom. The van der Waals surface area contributed by atoms with Crippen molar-refractivity contribution in [1.29, 1.82) is 0 Å². The molecular formula is C14H26N2O. The minimum absolute atomic E-state index is 0.825. The van der Waals surface area contributed by atoms with E-state index in [1.165, 1.54) is 58.2 Å². The molecule has 0 aromatic carbocycles. The van der Waals surface area contributed by atoms with Gasteiger partial charge in [-0.1, -0.05) is 0 Å². The summed E-state index contributed by atoms with van der Waals surface area (Å²) in [6, 6.07) is 1.71. The van der Waals surface area contributed by atoms with Crippen molar-refractivity contribution in [3.8, 4) is 0 Å². The van der Waals surface area contributed by atoms with E-state index in [4.69, 9.17) is 4.74 Å². The van der Waals surface area contributed by atoms with E-state index >= 15 is 0 Å². The lowest BCUT2D eigenvalue weighted by Gasteiger charge is -2.40. The van der Waals surface area contributed by atoms with Crippen LogP contribution >= 0.6 is 0 Å². The van der Waals surface area contributed by atoms with Gasteiger partial charge in [0.2, 0.25) is 0 Å². The van der Waals surface area contributed by atoms with Gasteiger partial charge >= 0.3 is 0 Å². The lowest BCUT2D eigenvalue weighted by Crippen LogP contribution is -2.47. The van der Waals surface area contributed by atoms with Gasteiger partial charge in [0.1, 0.15) is 0 Å². The van der Waals surface area contributed by atoms with Crippen molar-refractivity contribution in [2.45, 2.75) is 50.6 Å². The van der Waals surface area contributed by atoms with Crippen molar-refractivity contribution in [2.24, 2.45) is 5.92 Å². The first kappa shape index (κ1) is 11.9. The van der Waals surface area contributed by atoms with Crippen LogP contribution in [0.5, 0.6) is 0 Å². The van der Waals surface area contributed by atoms with E-state index in [0.29, 0.717) is 0 Å². The standard InChI is InChI=1S/C14H26N2O/c1-2-14(12-3-7-15-8-4-12)16(9-1)13-5-10-17-11-6-13/h12-15H,1-11H2. The van der Waals surface area contributed by atoms with Crippen molar-refractivity contribution in [3.63, 3.8) is 0 Å². The maximum atomic E-state index is 5.50. The first-order valence-corrected chi connectivity index (χ1v) is 7.49. The summed E-state index contributed by atoms with van der Waals surface area (Å²) in [6.07, 6.45) is 8.19. The predicted molar refractivity (Wildman–Crippen MR) is 69.2 cm³/mol. The average Bonchev–Trinajstić information content (AvgIpc) is 2.90. The van der Waals surface area contributed by atoms with Gasteiger partial charge in [0.25, 0.3) is 0 Å². The fraction of sp³-hybridized carbons (Fsp3) is 1.00. The fourth-order valence-corrected chi connectivity index (χ4v) is 4.02. The van der Waals surface area contributed by atoms with E-state index in [-0.39, 0.29) is 0 Å². The largest absolute Gasteiger partial charge is 0.381 e. The molecule has 3 aliphatic rings. The van der Waals surface area contributed by atoms with Gasteiger partial charge in [-0.15, -0.1) is 0 Å². The van der Waals surface area contributed by atoms with Gasteiger partial charge in [-0.05, 0) is 64.1 Å². The summed E-state index contributed by atoms with van der Waals surface area (Å²) in [6.45, 7) is 5.80. The van der Waals surface area contributed by atoms with Gasteiger partial charge in [0, 0.05) is 25.3 Å². The minimum atomic E-state index is 0.825. The van der Waals surface area contributed by atoms with Gasteiger partial charge in [0.15, 0.2) is 0 Å². The molecule has 0 saturated carbocycles. The molecule has 3 rings (SSSR count). The van der Waals surface area contributed by atoms with Crippen LogP contribution in [0.25, 0.3) is 0 Å². The third-order valence-corrected chi connectivity index (χ3v) is 4.93. The SMILES string of the molecule is C1CC(C2CCNCC2)N(C2CCOCC2)C1. The molecule has 3 heteroatoms.